The van der Waals surface area contributed by atoms with Crippen LogP contribution in [0.4, 0.5) is 5.69 Å². The first-order valence-corrected chi connectivity index (χ1v) is 5.91. The monoisotopic (exact) mass is 237 g/mol. The number of aryl methyl sites for hydroxylation is 2. The molecular formula is C12H19N3S. The van der Waals surface area contributed by atoms with Gasteiger partial charge in [-0.25, -0.2) is 5.84 Å². The topological polar surface area (TPSA) is 41.3 Å². The smallest absolute Gasteiger partial charge is 0.187 e. The first-order chi connectivity index (χ1) is 7.60. The van der Waals surface area contributed by atoms with Crippen LogP contribution in [-0.4, -0.2) is 17.2 Å². The molecule has 0 heterocycles. The number of thiocarbonyl (C=S) groups is 1. The number of anilines is 1. The lowest BCUT2D eigenvalue weighted by atomic mass is 10.0. The first kappa shape index (κ1) is 12.9. The van der Waals surface area contributed by atoms with Crippen LogP contribution in [0.1, 0.15) is 25.0 Å². The third kappa shape index (κ3) is 2.93. The summed E-state index contributed by atoms with van der Waals surface area (Å²) in [6.07, 6.45) is 1.96. The highest BCUT2D eigenvalue weighted by atomic mass is 32.1. The number of nitrogens with zero attached hydrogens (tertiary/aromatic N) is 1. The second-order valence-electron chi connectivity index (χ2n) is 3.70. The zero-order valence-electron chi connectivity index (χ0n) is 10.1. The van der Waals surface area contributed by atoms with Crippen molar-refractivity contribution >= 4 is 23.0 Å². The normalized spacial score (nSPS) is 10.0. The number of benzene rings is 1. The fraction of sp³-hybridized carbons (Fsp3) is 0.417. The molecule has 0 aliphatic heterocycles. The summed E-state index contributed by atoms with van der Waals surface area (Å²) in [5.74, 6) is 5.60. The van der Waals surface area contributed by atoms with Crippen molar-refractivity contribution in [1.29, 1.82) is 0 Å². The maximum Gasteiger partial charge on any atom is 0.187 e. The zero-order valence-corrected chi connectivity index (χ0v) is 10.9. The van der Waals surface area contributed by atoms with Gasteiger partial charge < -0.3 is 5.32 Å². The second-order valence-corrected chi connectivity index (χ2v) is 4.09. The van der Waals surface area contributed by atoms with Crippen molar-refractivity contribution in [3.05, 3.63) is 29.3 Å². The fourth-order valence-corrected chi connectivity index (χ4v) is 1.70. The Morgan fingerprint density at radius 3 is 2.19 bits per heavy atom. The Morgan fingerprint density at radius 2 is 1.81 bits per heavy atom. The Balaban J connectivity index is 3.04. The molecule has 0 unspecified atom stereocenters. The van der Waals surface area contributed by atoms with Crippen molar-refractivity contribution in [3.8, 4) is 0 Å². The molecule has 0 radical (unpaired) electrons. The Hall–Kier alpha value is -1.13. The number of para-hydroxylation sites is 1. The van der Waals surface area contributed by atoms with E-state index in [1.165, 1.54) is 16.1 Å². The summed E-state index contributed by atoms with van der Waals surface area (Å²) in [6.45, 7) is 4.27. The summed E-state index contributed by atoms with van der Waals surface area (Å²) in [5.41, 5.74) is 3.64. The van der Waals surface area contributed by atoms with E-state index in [-0.39, 0.29) is 0 Å². The van der Waals surface area contributed by atoms with Crippen LogP contribution >= 0.6 is 12.2 Å². The number of hydrogen-bond donors (Lipinski definition) is 2. The van der Waals surface area contributed by atoms with Crippen LogP contribution in [0.3, 0.4) is 0 Å². The molecule has 0 atom stereocenters. The molecule has 0 aromatic heterocycles. The minimum absolute atomic E-state index is 0.538. The van der Waals surface area contributed by atoms with Gasteiger partial charge in [-0.05, 0) is 36.2 Å². The summed E-state index contributed by atoms with van der Waals surface area (Å²) < 4.78 is 0. The fourth-order valence-electron chi connectivity index (χ4n) is 1.60. The van der Waals surface area contributed by atoms with Gasteiger partial charge in [-0.1, -0.05) is 32.0 Å². The van der Waals surface area contributed by atoms with E-state index in [0.29, 0.717) is 5.11 Å². The van der Waals surface area contributed by atoms with Gasteiger partial charge >= 0.3 is 0 Å². The third-order valence-corrected chi connectivity index (χ3v) is 2.94. The van der Waals surface area contributed by atoms with Gasteiger partial charge in [0.1, 0.15) is 0 Å². The lowest BCUT2D eigenvalue weighted by Gasteiger charge is -2.19. The summed E-state index contributed by atoms with van der Waals surface area (Å²) in [6, 6.07) is 6.30. The summed E-state index contributed by atoms with van der Waals surface area (Å²) >= 11 is 5.16. The van der Waals surface area contributed by atoms with E-state index in [1.54, 1.807) is 7.05 Å². The molecule has 0 aliphatic carbocycles. The van der Waals surface area contributed by atoms with E-state index in [2.05, 4.69) is 37.4 Å². The van der Waals surface area contributed by atoms with Crippen molar-refractivity contribution < 1.29 is 0 Å². The van der Waals surface area contributed by atoms with Crippen LogP contribution in [-0.2, 0) is 12.8 Å². The molecule has 1 aromatic carbocycles. The minimum atomic E-state index is 0.538. The molecule has 3 N–H and O–H groups in total. The largest absolute Gasteiger partial charge is 0.331 e. The molecule has 1 rings (SSSR count). The number of rotatable bonds is 3. The maximum absolute atomic E-state index is 5.60. The van der Waals surface area contributed by atoms with Crippen molar-refractivity contribution in [3.63, 3.8) is 0 Å². The quantitative estimate of drug-likeness (QED) is 0.481. The molecule has 0 bridgehead atoms. The Labute approximate surface area is 103 Å². The third-order valence-electron chi connectivity index (χ3n) is 2.55. The highest BCUT2D eigenvalue weighted by molar-refractivity contribution is 7.80. The van der Waals surface area contributed by atoms with Crippen LogP contribution < -0.4 is 11.2 Å². The molecule has 0 saturated carbocycles. The summed E-state index contributed by atoms with van der Waals surface area (Å²) in [7, 11) is 1.73. The standard InChI is InChI=1S/C12H19N3S/c1-4-9-7-6-8-10(5-2)11(9)14-12(16)15(3)13/h6-8H,4-5,13H2,1-3H3,(H,14,16). The van der Waals surface area contributed by atoms with E-state index >= 15 is 0 Å². The molecule has 0 spiro atoms. The molecule has 0 fully saturated rings. The zero-order chi connectivity index (χ0) is 12.1. The predicted octanol–water partition coefficient (Wildman–Crippen LogP) is 2.31. The van der Waals surface area contributed by atoms with Crippen LogP contribution in [0.15, 0.2) is 18.2 Å². The maximum atomic E-state index is 5.60. The number of hydrogen-bond acceptors (Lipinski definition) is 2. The van der Waals surface area contributed by atoms with Crippen LogP contribution in [0.2, 0.25) is 0 Å². The molecular weight excluding hydrogens is 218 g/mol. The van der Waals surface area contributed by atoms with Gasteiger partial charge in [0.2, 0.25) is 0 Å². The molecule has 16 heavy (non-hydrogen) atoms. The van der Waals surface area contributed by atoms with Gasteiger partial charge in [-0.2, -0.15) is 0 Å². The average Bonchev–Trinajstić information content (AvgIpc) is 2.29. The average molecular weight is 237 g/mol. The first-order valence-electron chi connectivity index (χ1n) is 5.50. The molecule has 0 aliphatic rings. The van der Waals surface area contributed by atoms with Gasteiger partial charge in [0.15, 0.2) is 5.11 Å². The molecule has 1 aromatic rings. The van der Waals surface area contributed by atoms with E-state index < -0.39 is 0 Å². The highest BCUT2D eigenvalue weighted by Crippen LogP contribution is 2.22. The summed E-state index contributed by atoms with van der Waals surface area (Å²) in [4.78, 5) is 0. The van der Waals surface area contributed by atoms with Gasteiger partial charge in [-0.3, -0.25) is 5.01 Å². The molecule has 3 nitrogen and oxygen atoms in total. The van der Waals surface area contributed by atoms with Crippen LogP contribution in [0, 0.1) is 0 Å². The van der Waals surface area contributed by atoms with Gasteiger partial charge in [0, 0.05) is 12.7 Å². The van der Waals surface area contributed by atoms with E-state index in [9.17, 15) is 0 Å². The summed E-state index contributed by atoms with van der Waals surface area (Å²) in [5, 5.41) is 5.17. The Morgan fingerprint density at radius 1 is 1.31 bits per heavy atom. The van der Waals surface area contributed by atoms with Gasteiger partial charge in [-0.15, -0.1) is 0 Å². The number of nitrogens with two attached hydrogens (primary N) is 1. The van der Waals surface area contributed by atoms with Gasteiger partial charge in [0.25, 0.3) is 0 Å². The molecule has 0 amide bonds. The predicted molar refractivity (Wildman–Crippen MR) is 73.4 cm³/mol. The minimum Gasteiger partial charge on any atom is -0.331 e. The highest BCUT2D eigenvalue weighted by Gasteiger charge is 2.08. The molecule has 4 heteroatoms. The lowest BCUT2D eigenvalue weighted by molar-refractivity contribution is 0.548. The van der Waals surface area contributed by atoms with E-state index in [1.807, 2.05) is 0 Å². The van der Waals surface area contributed by atoms with E-state index in [0.717, 1.165) is 18.5 Å². The second kappa shape index (κ2) is 5.82. The van der Waals surface area contributed by atoms with Crippen LogP contribution in [0.25, 0.3) is 0 Å². The van der Waals surface area contributed by atoms with Crippen molar-refractivity contribution in [1.82, 2.24) is 5.01 Å². The lowest BCUT2D eigenvalue weighted by Crippen LogP contribution is -2.37. The SMILES string of the molecule is CCc1cccc(CC)c1NC(=S)N(C)N. The Bertz CT molecular complexity index is 352. The van der Waals surface area contributed by atoms with Crippen molar-refractivity contribution in [2.75, 3.05) is 12.4 Å². The van der Waals surface area contributed by atoms with Crippen molar-refractivity contribution in [2.24, 2.45) is 5.84 Å². The van der Waals surface area contributed by atoms with Crippen LogP contribution in [0.5, 0.6) is 0 Å². The number of nitrogens with one attached hydrogen (secondary N) is 1. The number of hydrazine groups is 1. The van der Waals surface area contributed by atoms with Crippen molar-refractivity contribution in [2.45, 2.75) is 26.7 Å². The molecule has 0 saturated heterocycles. The Kier molecular flexibility index (Phi) is 4.71. The van der Waals surface area contributed by atoms with E-state index in [4.69, 9.17) is 18.1 Å². The van der Waals surface area contributed by atoms with Gasteiger partial charge in [0.05, 0.1) is 0 Å². The molecule has 88 valence electrons.